The molecule has 0 radical (unpaired) electrons. The Kier molecular flexibility index (Phi) is 6.46. The molecule has 3 aromatic heterocycles. The Labute approximate surface area is 487 Å². The Morgan fingerprint density at radius 3 is 2.07 bits per heavy atom. The van der Waals surface area contributed by atoms with Crippen molar-refractivity contribution in [2.75, 3.05) is 0 Å². The van der Waals surface area contributed by atoms with Gasteiger partial charge in [0.05, 0.1) is 44.4 Å². The van der Waals surface area contributed by atoms with Crippen LogP contribution in [0.4, 0.5) is 0 Å². The second-order valence-corrected chi connectivity index (χ2v) is 21.2. The number of para-hydroxylation sites is 1. The average Bonchev–Trinajstić information content (AvgIpc) is 0.898. The summed E-state index contributed by atoms with van der Waals surface area (Å²) >= 11 is 0. The predicted molar refractivity (Wildman–Crippen MR) is 316 cm³/mol. The van der Waals surface area contributed by atoms with Gasteiger partial charge in [0.1, 0.15) is 17.3 Å². The van der Waals surface area contributed by atoms with Crippen molar-refractivity contribution in [3.63, 3.8) is 0 Å². The molecule has 0 N–H and O–H groups in total. The minimum absolute atomic E-state index is 0.0981. The molecule has 0 atom stereocenters. The minimum Gasteiger partial charge on any atom is -0.458 e. The number of hydrogen-bond donors (Lipinski definition) is 0. The van der Waals surface area contributed by atoms with E-state index in [2.05, 4.69) is 27.1 Å². The number of nitrogens with zero attached hydrogens (tertiary/aromatic N) is 4. The lowest BCUT2D eigenvalue weighted by molar-refractivity contribution is -0.571. The van der Waals surface area contributed by atoms with Gasteiger partial charge in [0.15, 0.2) is 0 Å². The maximum absolute atomic E-state index is 10.5. The molecule has 0 saturated carbocycles. The van der Waals surface area contributed by atoms with Crippen molar-refractivity contribution in [1.29, 1.82) is 0 Å². The molecule has 3 heterocycles. The molecule has 378 valence electrons. The van der Waals surface area contributed by atoms with Crippen molar-refractivity contribution in [3.8, 4) is 62.1 Å². The highest BCUT2D eigenvalue weighted by Crippen LogP contribution is 2.48. The molecule has 0 spiro atoms. The highest BCUT2D eigenvalue weighted by Gasteiger charge is 2.37. The summed E-state index contributed by atoms with van der Waals surface area (Å²) in [6, 6.07) is 29.0. The van der Waals surface area contributed by atoms with Gasteiger partial charge in [-0.2, -0.15) is 0 Å². The number of rotatable bonds is 8. The van der Waals surface area contributed by atoms with Crippen LogP contribution in [0.1, 0.15) is 147 Å². The quantitative estimate of drug-likeness (QED) is 0.112. The number of aromatic nitrogens is 4. The molecule has 0 aliphatic heterocycles. The molecule has 0 amide bonds. The van der Waals surface area contributed by atoms with Gasteiger partial charge in [0.25, 0.3) is 6.33 Å². The molecule has 1 aliphatic rings. The van der Waals surface area contributed by atoms with Crippen LogP contribution in [0.3, 0.4) is 0 Å². The molecule has 11 aromatic rings. The number of benzene rings is 8. The third-order valence-electron chi connectivity index (χ3n) is 13.9. The van der Waals surface area contributed by atoms with Gasteiger partial charge in [0, 0.05) is 49.1 Å². The smallest absolute Gasteiger partial charge is 0.269 e. The van der Waals surface area contributed by atoms with E-state index in [9.17, 15) is 12.3 Å². The Morgan fingerprint density at radius 2 is 1.32 bits per heavy atom. The maximum Gasteiger partial charge on any atom is 0.269 e. The number of ether oxygens (including phenoxy) is 1. The van der Waals surface area contributed by atoms with E-state index >= 15 is 0 Å². The van der Waals surface area contributed by atoms with Crippen molar-refractivity contribution in [1.82, 2.24) is 14.1 Å². The molecule has 0 unspecified atom stereocenters. The second-order valence-electron chi connectivity index (χ2n) is 21.2. The van der Waals surface area contributed by atoms with Gasteiger partial charge in [-0.05, 0) is 163 Å². The second kappa shape index (κ2) is 18.1. The van der Waals surface area contributed by atoms with E-state index in [0.717, 1.165) is 31.9 Å². The Hall–Kier alpha value is -8.02. The number of aryl methyl sites for hydroxylation is 1. The van der Waals surface area contributed by atoms with Crippen LogP contribution in [-0.2, 0) is 21.7 Å². The van der Waals surface area contributed by atoms with Crippen LogP contribution in [0.5, 0.6) is 11.5 Å². The summed E-state index contributed by atoms with van der Waals surface area (Å²) in [6.07, 6.45) is -4.31. The summed E-state index contributed by atoms with van der Waals surface area (Å²) in [5, 5.41) is 1.84. The normalized spacial score (nSPS) is 21.7. The van der Waals surface area contributed by atoms with Gasteiger partial charge in [-0.3, -0.25) is 13.7 Å². The number of fused-ring (bicyclic) bond motifs is 5. The van der Waals surface area contributed by atoms with Crippen molar-refractivity contribution >= 4 is 32.8 Å². The van der Waals surface area contributed by atoms with Crippen LogP contribution < -0.4 is 9.30 Å². The first kappa shape index (κ1) is 27.2. The monoisotopic (exact) mass is 1020 g/mol. The fourth-order valence-corrected chi connectivity index (χ4v) is 9.95. The van der Waals surface area contributed by atoms with E-state index in [0.29, 0.717) is 17.1 Å². The van der Waals surface area contributed by atoms with E-state index in [1.54, 1.807) is 87.6 Å². The zero-order chi connectivity index (χ0) is 75.9. The van der Waals surface area contributed by atoms with Gasteiger partial charge in [-0.25, -0.2) is 4.98 Å². The zero-order valence-electron chi connectivity index (χ0n) is 69.5. The first-order chi connectivity index (χ1) is 47.4. The topological polar surface area (TPSA) is 35.9 Å². The third-order valence-corrected chi connectivity index (χ3v) is 13.9. The summed E-state index contributed by atoms with van der Waals surface area (Å²) in [4.78, 5) is 4.82. The number of imidazole rings is 1. The van der Waals surface area contributed by atoms with Gasteiger partial charge in [0.2, 0.25) is 0 Å². The fourth-order valence-electron chi connectivity index (χ4n) is 9.95. The molecule has 5 heteroatoms. The summed E-state index contributed by atoms with van der Waals surface area (Å²) in [7, 11) is 0. The average molecular weight is 1020 g/mol. The molecule has 0 saturated heterocycles. The maximum atomic E-state index is 10.5. The Morgan fingerprint density at radius 1 is 0.605 bits per heavy atom. The summed E-state index contributed by atoms with van der Waals surface area (Å²) in [6.45, 7) is -9.34. The first-order valence-corrected chi connectivity index (χ1v) is 24.7. The largest absolute Gasteiger partial charge is 0.458 e. The van der Waals surface area contributed by atoms with Crippen LogP contribution in [0.15, 0.2) is 188 Å². The lowest BCUT2D eigenvalue weighted by atomic mass is 9.63. The van der Waals surface area contributed by atoms with Crippen molar-refractivity contribution in [2.24, 2.45) is 0 Å². The standard InChI is InChI=1S/C71H68N4O/c1-46-37-64-65(44-57(46)47-21-14-12-15-22-47)73(52-25-20-26-53(42-52)76-54-30-31-56-55-27-18-19-28-62(55)75(63(56)43-54)66-41-50(33-36-72-66)68(2,3)4)45-74(64)67-58(48-23-16-13-17-24-48)39-51(69(5,6)7)40-59(67)49-29-32-60-61(38-49)71(10,11)35-34-70(60,8)9/h12-33,36-44H,34-35H2,1-11H3/i1D3,8D3,9D3,10D3,11D3,13D,16D,17D,23D,24D,29D,32D,34D2,35D2,38D. The zero-order valence-corrected chi connectivity index (χ0v) is 42.5. The molecular weight excluding hydrogens is 925 g/mol. The van der Waals surface area contributed by atoms with E-state index in [4.69, 9.17) is 34.4 Å². The Bertz CT molecular complexity index is 5260. The van der Waals surface area contributed by atoms with E-state index in [1.807, 2.05) is 53.1 Å². The van der Waals surface area contributed by atoms with Crippen molar-refractivity contribution in [2.45, 2.75) is 110 Å². The van der Waals surface area contributed by atoms with Crippen LogP contribution >= 0.6 is 0 Å². The van der Waals surface area contributed by atoms with Gasteiger partial charge in [-0.1, -0.05) is 184 Å². The molecule has 5 nitrogen and oxygen atoms in total. The van der Waals surface area contributed by atoms with Gasteiger partial charge >= 0.3 is 0 Å². The molecular formula is C71H68N4O. The molecule has 8 aromatic carbocycles. The molecule has 1 aliphatic carbocycles. The Balaban J connectivity index is 1.25. The van der Waals surface area contributed by atoms with Crippen LogP contribution in [0.25, 0.3) is 83.4 Å². The highest BCUT2D eigenvalue weighted by atomic mass is 16.5. The van der Waals surface area contributed by atoms with Gasteiger partial charge in [-0.15, -0.1) is 0 Å². The lowest BCUT2D eigenvalue weighted by Gasteiger charge is -2.42. The highest BCUT2D eigenvalue weighted by molar-refractivity contribution is 6.09. The fraction of sp³-hybridized carbons (Fsp3) is 0.239. The molecule has 12 rings (SSSR count). The number of pyridine rings is 1. The molecule has 0 fully saturated rings. The lowest BCUT2D eigenvalue weighted by Crippen LogP contribution is -2.34. The van der Waals surface area contributed by atoms with Crippen LogP contribution in [0, 0.1) is 13.2 Å². The van der Waals surface area contributed by atoms with Crippen molar-refractivity contribution in [3.05, 3.63) is 222 Å². The SMILES string of the molecule is [2H]c1c([2H])c([2H])c(-c2cc(C(C)(C)C)cc(-c3c([2H])c([2H])c4c(c3[2H])C(C([2H])([2H])[2H])(C([2H])([2H])[2H])C([2H])([2H])C([2H])([2H])C4(C([2H])([2H])[2H])C([2H])([2H])[2H])c2-[n+]2[c-]n(-c3cccc(Oc4ccc5c6ccccc6n(-c6cc(C(C)(C)C)ccn6)c5c4)c3)c3cc(-c4ccccc4)c(C([2H])([2H])[2H])cc32)c([2H])c1[2H]. The van der Waals surface area contributed by atoms with Crippen LogP contribution in [-0.4, -0.2) is 14.1 Å². The number of hydrogen-bond acceptors (Lipinski definition) is 2. The van der Waals surface area contributed by atoms with Crippen LogP contribution in [0.2, 0.25) is 0 Å². The minimum atomic E-state index is -4.71. The predicted octanol–water partition coefficient (Wildman–Crippen LogP) is 18.2. The van der Waals surface area contributed by atoms with E-state index in [1.165, 1.54) is 28.8 Å². The summed E-state index contributed by atoms with van der Waals surface area (Å²) in [5.74, 6) is 1.25. The molecule has 76 heavy (non-hydrogen) atoms. The van der Waals surface area contributed by atoms with Gasteiger partial charge < -0.3 is 4.74 Å². The third kappa shape index (κ3) is 8.60. The van der Waals surface area contributed by atoms with E-state index in [-0.39, 0.29) is 50.1 Å². The van der Waals surface area contributed by atoms with Crippen molar-refractivity contribution < 1.29 is 46.3 Å². The van der Waals surface area contributed by atoms with E-state index < -0.39 is 145 Å². The first-order valence-electron chi connectivity index (χ1n) is 38.2. The summed E-state index contributed by atoms with van der Waals surface area (Å²) in [5.41, 5.74) is -13.9. The summed E-state index contributed by atoms with van der Waals surface area (Å²) < 4.78 is 262. The molecule has 0 bridgehead atoms.